The number of nitrogens with zero attached hydrogens (tertiary/aromatic N) is 2. The van der Waals surface area contributed by atoms with Gasteiger partial charge in [-0.25, -0.2) is 0 Å². The van der Waals surface area contributed by atoms with Gasteiger partial charge in [-0.3, -0.25) is 14.3 Å². The Labute approximate surface area is 175 Å². The fourth-order valence-electron chi connectivity index (χ4n) is 3.93. The van der Waals surface area contributed by atoms with Crippen molar-refractivity contribution in [3.8, 4) is 0 Å². The largest absolute Gasteiger partial charge is 0.469 e. The first kappa shape index (κ1) is 19.9. The summed E-state index contributed by atoms with van der Waals surface area (Å²) in [7, 11) is 0. The minimum atomic E-state index is -0.410. The zero-order valence-corrected chi connectivity index (χ0v) is 16.8. The average Bonchev–Trinajstić information content (AvgIpc) is 3.49. The summed E-state index contributed by atoms with van der Waals surface area (Å²) < 4.78 is 7.32. The molecule has 156 valence electrons. The third-order valence-electron chi connectivity index (χ3n) is 5.52. The number of carbonyl (C=O) groups is 2. The molecule has 0 radical (unpaired) electrons. The smallest absolute Gasteiger partial charge is 0.220 e. The van der Waals surface area contributed by atoms with E-state index in [4.69, 9.17) is 4.42 Å². The Morgan fingerprint density at radius 1 is 1.20 bits per heavy atom. The van der Waals surface area contributed by atoms with Crippen LogP contribution in [0, 0.1) is 0 Å². The molecule has 0 aliphatic carbocycles. The second kappa shape index (κ2) is 8.98. The van der Waals surface area contributed by atoms with E-state index in [2.05, 4.69) is 27.9 Å². The van der Waals surface area contributed by atoms with Gasteiger partial charge < -0.3 is 15.1 Å². The number of furan rings is 1. The fourth-order valence-corrected chi connectivity index (χ4v) is 3.93. The highest BCUT2D eigenvalue weighted by Gasteiger charge is 2.38. The summed E-state index contributed by atoms with van der Waals surface area (Å²) in [5.41, 5.74) is 1.72. The van der Waals surface area contributed by atoms with Crippen molar-refractivity contribution in [2.24, 2.45) is 0 Å². The van der Waals surface area contributed by atoms with Crippen molar-refractivity contribution in [3.63, 3.8) is 0 Å². The molecule has 1 fully saturated rings. The zero-order chi connectivity index (χ0) is 20.8. The van der Waals surface area contributed by atoms with Crippen LogP contribution in [0.15, 0.2) is 65.5 Å². The van der Waals surface area contributed by atoms with Crippen molar-refractivity contribution in [2.75, 3.05) is 0 Å². The molecule has 0 unspecified atom stereocenters. The van der Waals surface area contributed by atoms with Gasteiger partial charge in [0, 0.05) is 43.1 Å². The maximum Gasteiger partial charge on any atom is 0.220 e. The molecule has 2 N–H and O–H groups in total. The van der Waals surface area contributed by atoms with E-state index in [1.165, 1.54) is 5.56 Å². The molecule has 7 heteroatoms. The highest BCUT2D eigenvalue weighted by molar-refractivity contribution is 5.80. The van der Waals surface area contributed by atoms with E-state index in [1.54, 1.807) is 12.5 Å². The predicted molar refractivity (Wildman–Crippen MR) is 111 cm³/mol. The Kier molecular flexibility index (Phi) is 5.97. The van der Waals surface area contributed by atoms with Crippen LogP contribution in [-0.4, -0.2) is 27.1 Å². The van der Waals surface area contributed by atoms with E-state index in [0.717, 1.165) is 11.3 Å². The molecule has 1 aliphatic rings. The minimum Gasteiger partial charge on any atom is -0.469 e. The van der Waals surface area contributed by atoms with Crippen molar-refractivity contribution in [1.29, 1.82) is 0 Å². The molecule has 1 aromatic carbocycles. The van der Waals surface area contributed by atoms with Gasteiger partial charge in [0.05, 0.1) is 19.0 Å². The lowest BCUT2D eigenvalue weighted by Gasteiger charge is -2.28. The van der Waals surface area contributed by atoms with Crippen LogP contribution < -0.4 is 10.6 Å². The van der Waals surface area contributed by atoms with E-state index in [1.807, 2.05) is 41.2 Å². The summed E-state index contributed by atoms with van der Waals surface area (Å²) in [6.45, 7) is 1.13. The maximum atomic E-state index is 12.4. The zero-order valence-electron chi connectivity index (χ0n) is 16.8. The minimum absolute atomic E-state index is 0.0350. The number of rotatable bonds is 9. The summed E-state index contributed by atoms with van der Waals surface area (Å²) >= 11 is 0. The summed E-state index contributed by atoms with van der Waals surface area (Å²) in [5, 5.41) is 10.4. The van der Waals surface area contributed by atoms with Crippen molar-refractivity contribution < 1.29 is 14.0 Å². The van der Waals surface area contributed by atoms with E-state index in [-0.39, 0.29) is 11.8 Å². The normalized spacial score (nSPS) is 18.3. The molecular weight excluding hydrogens is 380 g/mol. The van der Waals surface area contributed by atoms with Crippen LogP contribution in [0.2, 0.25) is 0 Å². The van der Waals surface area contributed by atoms with Crippen LogP contribution in [0.1, 0.15) is 42.6 Å². The summed E-state index contributed by atoms with van der Waals surface area (Å²) in [4.78, 5) is 24.2. The highest BCUT2D eigenvalue weighted by atomic mass is 16.3. The van der Waals surface area contributed by atoms with Crippen LogP contribution in [0.5, 0.6) is 0 Å². The molecule has 3 aromatic rings. The molecule has 2 aromatic heterocycles. The molecule has 2 amide bonds. The first-order chi connectivity index (χ1) is 14.6. The third kappa shape index (κ3) is 5.17. The fraction of sp³-hybridized carbons (Fsp3) is 0.348. The van der Waals surface area contributed by atoms with Crippen molar-refractivity contribution in [3.05, 3.63) is 78.0 Å². The summed E-state index contributed by atoms with van der Waals surface area (Å²) in [6.07, 6.45) is 8.09. The Hall–Kier alpha value is -3.35. The number of amides is 2. The number of benzene rings is 1. The monoisotopic (exact) mass is 406 g/mol. The van der Waals surface area contributed by atoms with Crippen LogP contribution in [-0.2, 0) is 29.1 Å². The van der Waals surface area contributed by atoms with Crippen molar-refractivity contribution >= 4 is 11.8 Å². The number of carbonyl (C=O) groups excluding carboxylic acids is 2. The molecule has 1 aliphatic heterocycles. The molecule has 0 saturated carbocycles. The highest BCUT2D eigenvalue weighted by Crippen LogP contribution is 2.29. The number of hydrogen-bond acceptors (Lipinski definition) is 4. The van der Waals surface area contributed by atoms with Gasteiger partial charge in [-0.15, -0.1) is 0 Å². The third-order valence-corrected chi connectivity index (χ3v) is 5.52. The number of hydrogen-bond donors (Lipinski definition) is 2. The van der Waals surface area contributed by atoms with E-state index in [9.17, 15) is 9.59 Å². The van der Waals surface area contributed by atoms with Crippen molar-refractivity contribution in [1.82, 2.24) is 20.4 Å². The second-order valence-electron chi connectivity index (χ2n) is 7.89. The lowest BCUT2D eigenvalue weighted by atomic mass is 9.87. The van der Waals surface area contributed by atoms with Crippen LogP contribution >= 0.6 is 0 Å². The first-order valence-corrected chi connectivity index (χ1v) is 10.3. The van der Waals surface area contributed by atoms with Gasteiger partial charge >= 0.3 is 0 Å². The Morgan fingerprint density at radius 2 is 2.07 bits per heavy atom. The topological polar surface area (TPSA) is 89.2 Å². The Balaban J connectivity index is 1.27. The summed E-state index contributed by atoms with van der Waals surface area (Å²) in [6, 6.07) is 13.9. The molecule has 30 heavy (non-hydrogen) atoms. The SMILES string of the molecule is O=C(CC[C@@]1(Cc2ccco2)CCC(=O)N1)NCc1cnn(Cc2ccccc2)c1. The molecule has 1 saturated heterocycles. The molecule has 0 spiro atoms. The number of aromatic nitrogens is 2. The number of nitrogens with one attached hydrogen (secondary N) is 2. The predicted octanol–water partition coefficient (Wildman–Crippen LogP) is 2.81. The van der Waals surface area contributed by atoms with Gasteiger partial charge in [0.1, 0.15) is 5.76 Å². The quantitative estimate of drug-likeness (QED) is 0.572. The molecular formula is C23H26N4O3. The molecule has 1 atom stereocenters. The lowest BCUT2D eigenvalue weighted by molar-refractivity contribution is -0.122. The molecule has 3 heterocycles. The van der Waals surface area contributed by atoms with Crippen LogP contribution in [0.25, 0.3) is 0 Å². The Bertz CT molecular complexity index is 981. The van der Waals surface area contributed by atoms with Gasteiger partial charge in [-0.05, 0) is 30.5 Å². The molecule has 4 rings (SSSR count). The van der Waals surface area contributed by atoms with Gasteiger partial charge in [0.15, 0.2) is 0 Å². The lowest BCUT2D eigenvalue weighted by Crippen LogP contribution is -2.44. The molecule has 0 bridgehead atoms. The van der Waals surface area contributed by atoms with Crippen LogP contribution in [0.4, 0.5) is 0 Å². The Morgan fingerprint density at radius 3 is 2.80 bits per heavy atom. The van der Waals surface area contributed by atoms with E-state index < -0.39 is 5.54 Å². The van der Waals surface area contributed by atoms with Gasteiger partial charge in [0.25, 0.3) is 0 Å². The van der Waals surface area contributed by atoms with Gasteiger partial charge in [-0.2, -0.15) is 5.10 Å². The first-order valence-electron chi connectivity index (χ1n) is 10.3. The molecule has 7 nitrogen and oxygen atoms in total. The average molecular weight is 406 g/mol. The summed E-state index contributed by atoms with van der Waals surface area (Å²) in [5.74, 6) is 0.821. The van der Waals surface area contributed by atoms with E-state index in [0.29, 0.717) is 45.2 Å². The van der Waals surface area contributed by atoms with Crippen LogP contribution in [0.3, 0.4) is 0 Å². The van der Waals surface area contributed by atoms with Gasteiger partial charge in [0.2, 0.25) is 11.8 Å². The van der Waals surface area contributed by atoms with Gasteiger partial charge in [-0.1, -0.05) is 30.3 Å². The van der Waals surface area contributed by atoms with E-state index >= 15 is 0 Å². The maximum absolute atomic E-state index is 12.4. The standard InChI is InChI=1S/C23H26N4O3/c28-21(8-10-23(11-9-22(29)26-23)13-20-7-4-12-30-20)24-14-19-15-25-27(17-19)16-18-5-2-1-3-6-18/h1-7,12,15,17H,8-11,13-14,16H2,(H,24,28)(H,26,29)/t23-/m0/s1. The second-order valence-corrected chi connectivity index (χ2v) is 7.89. The van der Waals surface area contributed by atoms with Crippen molar-refractivity contribution in [2.45, 2.75) is 50.7 Å².